The van der Waals surface area contributed by atoms with Gasteiger partial charge in [-0.1, -0.05) is 41.7 Å². The molecule has 0 bridgehead atoms. The molecule has 0 amide bonds. The van der Waals surface area contributed by atoms with Crippen molar-refractivity contribution in [3.05, 3.63) is 52.8 Å². The van der Waals surface area contributed by atoms with Gasteiger partial charge in [0.25, 0.3) is 0 Å². The second-order valence-corrected chi connectivity index (χ2v) is 8.28. The summed E-state index contributed by atoms with van der Waals surface area (Å²) in [5, 5.41) is 10.5. The summed E-state index contributed by atoms with van der Waals surface area (Å²) in [6.07, 6.45) is 4.69. The second-order valence-electron chi connectivity index (χ2n) is 7.12. The predicted molar refractivity (Wildman–Crippen MR) is 105 cm³/mol. The third-order valence-electron chi connectivity index (χ3n) is 5.43. The fourth-order valence-corrected chi connectivity index (χ4v) is 4.73. The topological polar surface area (TPSA) is 64.0 Å². The lowest BCUT2D eigenvalue weighted by Crippen LogP contribution is -2.47. The Hall–Kier alpha value is -2.38. The van der Waals surface area contributed by atoms with Gasteiger partial charge in [0, 0.05) is 24.8 Å². The number of hydrogen-bond donors (Lipinski definition) is 0. The minimum atomic E-state index is -0.309. The number of fused-ring (bicyclic) bond motifs is 2. The number of benzene rings is 1. The van der Waals surface area contributed by atoms with Gasteiger partial charge in [-0.05, 0) is 31.7 Å². The first-order valence-electron chi connectivity index (χ1n) is 9.34. The van der Waals surface area contributed by atoms with Gasteiger partial charge in [0.15, 0.2) is 5.82 Å². The van der Waals surface area contributed by atoms with E-state index in [1.54, 1.807) is 11.3 Å². The maximum Gasteiger partial charge on any atom is 0.208 e. The van der Waals surface area contributed by atoms with Gasteiger partial charge >= 0.3 is 0 Å². The monoisotopic (exact) mass is 379 g/mol. The average Bonchev–Trinajstić information content (AvgIpc) is 3.16. The van der Waals surface area contributed by atoms with Crippen LogP contribution in [-0.2, 0) is 16.8 Å². The quantitative estimate of drug-likeness (QED) is 0.680. The van der Waals surface area contributed by atoms with Gasteiger partial charge in [-0.3, -0.25) is 0 Å². The largest absolute Gasteiger partial charge is 0.368 e. The molecule has 1 fully saturated rings. The number of ether oxygens (including phenoxy) is 1. The van der Waals surface area contributed by atoms with Gasteiger partial charge in [0.2, 0.25) is 5.13 Å². The fraction of sp³-hybridized carbons (Fsp3) is 0.400. The van der Waals surface area contributed by atoms with Crippen LogP contribution in [0.15, 0.2) is 36.5 Å². The molecule has 0 aliphatic carbocycles. The van der Waals surface area contributed by atoms with Crippen LogP contribution in [0, 0.1) is 6.92 Å². The molecule has 1 aromatic carbocycles. The van der Waals surface area contributed by atoms with Crippen molar-refractivity contribution in [3.8, 4) is 11.4 Å². The van der Waals surface area contributed by atoms with Crippen LogP contribution in [0.5, 0.6) is 0 Å². The molecule has 2 aromatic heterocycles. The third-order valence-corrected chi connectivity index (χ3v) is 6.33. The Labute approximate surface area is 162 Å². The van der Waals surface area contributed by atoms with Gasteiger partial charge in [0.05, 0.1) is 12.3 Å². The predicted octanol–water partition coefficient (Wildman–Crippen LogP) is 3.37. The molecule has 3 aromatic rings. The van der Waals surface area contributed by atoms with Crippen LogP contribution in [0.1, 0.15) is 29.1 Å². The molecule has 0 atom stereocenters. The Bertz CT molecular complexity index is 950. The first kappa shape index (κ1) is 16.8. The van der Waals surface area contributed by atoms with Crippen LogP contribution in [0.3, 0.4) is 0 Å². The molecule has 4 heterocycles. The van der Waals surface area contributed by atoms with Crippen LogP contribution < -0.4 is 4.90 Å². The van der Waals surface area contributed by atoms with E-state index in [0.717, 1.165) is 66.2 Å². The third kappa shape index (κ3) is 3.00. The molecule has 5 rings (SSSR count). The van der Waals surface area contributed by atoms with Crippen molar-refractivity contribution < 1.29 is 4.74 Å². The van der Waals surface area contributed by atoms with Crippen LogP contribution >= 0.6 is 11.3 Å². The summed E-state index contributed by atoms with van der Waals surface area (Å²) in [5.74, 6) is 0.779. The number of aromatic nitrogens is 4. The highest BCUT2D eigenvalue weighted by Gasteiger charge is 2.43. The first-order valence-corrected chi connectivity index (χ1v) is 10.2. The van der Waals surface area contributed by atoms with Gasteiger partial charge < -0.3 is 9.64 Å². The van der Waals surface area contributed by atoms with Gasteiger partial charge in [-0.2, -0.15) is 0 Å². The molecule has 0 unspecified atom stereocenters. The van der Waals surface area contributed by atoms with Crippen molar-refractivity contribution >= 4 is 16.5 Å². The summed E-state index contributed by atoms with van der Waals surface area (Å²) < 4.78 is 6.36. The number of nitrogens with zero attached hydrogens (tertiary/aromatic N) is 5. The van der Waals surface area contributed by atoms with E-state index < -0.39 is 0 Å². The van der Waals surface area contributed by atoms with E-state index in [1.165, 1.54) is 5.56 Å². The molecule has 1 spiro atoms. The van der Waals surface area contributed by atoms with Gasteiger partial charge in [-0.25, -0.2) is 9.97 Å². The summed E-state index contributed by atoms with van der Waals surface area (Å²) in [4.78, 5) is 11.9. The summed E-state index contributed by atoms with van der Waals surface area (Å²) in [6.45, 7) is 4.53. The highest BCUT2D eigenvalue weighted by atomic mass is 32.1. The van der Waals surface area contributed by atoms with Crippen molar-refractivity contribution in [1.82, 2.24) is 20.2 Å². The average molecular weight is 379 g/mol. The molecule has 138 valence electrons. The van der Waals surface area contributed by atoms with Crippen molar-refractivity contribution in [2.24, 2.45) is 0 Å². The van der Waals surface area contributed by atoms with E-state index in [1.807, 2.05) is 31.3 Å². The van der Waals surface area contributed by atoms with Crippen LogP contribution in [-0.4, -0.2) is 39.9 Å². The molecule has 0 N–H and O–H groups in total. The molecule has 1 saturated heterocycles. The van der Waals surface area contributed by atoms with Crippen LogP contribution in [0.25, 0.3) is 11.4 Å². The number of piperidine rings is 1. The van der Waals surface area contributed by atoms with Crippen molar-refractivity contribution in [2.75, 3.05) is 24.6 Å². The fourth-order valence-electron chi connectivity index (χ4n) is 3.99. The summed E-state index contributed by atoms with van der Waals surface area (Å²) in [7, 11) is 0. The van der Waals surface area contributed by atoms with Crippen molar-refractivity contribution in [1.29, 1.82) is 0 Å². The molecular formula is C20H21N5OS. The molecule has 0 radical (unpaired) electrons. The second kappa shape index (κ2) is 6.65. The lowest BCUT2D eigenvalue weighted by molar-refractivity contribution is -0.0801. The lowest BCUT2D eigenvalue weighted by Gasteiger charge is -2.43. The standard InChI is InChI=1S/C20H21N5OS/c1-14-23-24-19(27-14)25-10-8-20(9-11-25)17-16(7-12-26-20)13-21-18(22-17)15-5-3-2-4-6-15/h2-6,13H,7-12H2,1H3. The minimum Gasteiger partial charge on any atom is -0.368 e. The Morgan fingerprint density at radius 2 is 1.93 bits per heavy atom. The van der Waals surface area contributed by atoms with Crippen molar-refractivity contribution in [2.45, 2.75) is 31.8 Å². The smallest absolute Gasteiger partial charge is 0.208 e. The molecule has 2 aliphatic heterocycles. The number of rotatable bonds is 2. The highest BCUT2D eigenvalue weighted by Crippen LogP contribution is 2.42. The normalized spacial score (nSPS) is 18.5. The zero-order valence-electron chi connectivity index (χ0n) is 15.3. The molecule has 0 saturated carbocycles. The summed E-state index contributed by atoms with van der Waals surface area (Å²) in [6, 6.07) is 10.2. The maximum atomic E-state index is 6.36. The number of anilines is 1. The zero-order chi connectivity index (χ0) is 18.3. The summed E-state index contributed by atoms with van der Waals surface area (Å²) in [5.41, 5.74) is 3.04. The van der Waals surface area contributed by atoms with E-state index >= 15 is 0 Å². The number of aryl methyl sites for hydroxylation is 1. The minimum absolute atomic E-state index is 0.309. The molecule has 2 aliphatic rings. The molecule has 27 heavy (non-hydrogen) atoms. The van der Waals surface area contributed by atoms with Crippen LogP contribution in [0.4, 0.5) is 5.13 Å². The number of hydrogen-bond acceptors (Lipinski definition) is 7. The Morgan fingerprint density at radius 1 is 1.11 bits per heavy atom. The van der Waals surface area contributed by atoms with E-state index in [9.17, 15) is 0 Å². The van der Waals surface area contributed by atoms with E-state index in [2.05, 4.69) is 32.2 Å². The Balaban J connectivity index is 1.45. The van der Waals surface area contributed by atoms with E-state index in [-0.39, 0.29) is 5.60 Å². The van der Waals surface area contributed by atoms with Gasteiger partial charge in [0.1, 0.15) is 10.6 Å². The molecule has 7 heteroatoms. The molecular weight excluding hydrogens is 358 g/mol. The lowest BCUT2D eigenvalue weighted by atomic mass is 9.83. The Morgan fingerprint density at radius 3 is 2.67 bits per heavy atom. The SMILES string of the molecule is Cc1nnc(N2CCC3(CC2)OCCc2cnc(-c4ccccc4)nc23)s1. The van der Waals surface area contributed by atoms with E-state index in [0.29, 0.717) is 0 Å². The van der Waals surface area contributed by atoms with Crippen molar-refractivity contribution in [3.63, 3.8) is 0 Å². The van der Waals surface area contributed by atoms with E-state index in [4.69, 9.17) is 9.72 Å². The summed E-state index contributed by atoms with van der Waals surface area (Å²) >= 11 is 1.65. The van der Waals surface area contributed by atoms with Gasteiger partial charge in [-0.15, -0.1) is 10.2 Å². The Kier molecular flexibility index (Phi) is 4.13. The first-order chi connectivity index (χ1) is 13.2. The maximum absolute atomic E-state index is 6.36. The van der Waals surface area contributed by atoms with Crippen LogP contribution in [0.2, 0.25) is 0 Å². The molecule has 6 nitrogen and oxygen atoms in total. The highest BCUT2D eigenvalue weighted by molar-refractivity contribution is 7.15. The zero-order valence-corrected chi connectivity index (χ0v) is 16.1.